The van der Waals surface area contributed by atoms with E-state index in [1.54, 1.807) is 32.4 Å². The molecule has 22 heavy (non-hydrogen) atoms. The molecule has 0 aliphatic heterocycles. The first kappa shape index (κ1) is 15.9. The van der Waals surface area contributed by atoms with Crippen molar-refractivity contribution in [3.63, 3.8) is 0 Å². The number of rotatable bonds is 5. The van der Waals surface area contributed by atoms with Gasteiger partial charge in [-0.15, -0.1) is 0 Å². The van der Waals surface area contributed by atoms with E-state index in [2.05, 4.69) is 19.2 Å². The standard InChI is InChI=1S/C18H21NO3/c1-12(2)13-5-7-14(8-6-13)18(20)19-15-9-16(21-3)11-17(10-15)22-4/h5-12H,1-4H3,(H,19,20). The summed E-state index contributed by atoms with van der Waals surface area (Å²) in [6.45, 7) is 4.25. The van der Waals surface area contributed by atoms with E-state index in [-0.39, 0.29) is 5.91 Å². The van der Waals surface area contributed by atoms with Gasteiger partial charge in [0.15, 0.2) is 0 Å². The lowest BCUT2D eigenvalue weighted by atomic mass is 10.0. The number of nitrogens with one attached hydrogen (secondary N) is 1. The SMILES string of the molecule is COc1cc(NC(=O)c2ccc(C(C)C)cc2)cc(OC)c1. The summed E-state index contributed by atoms with van der Waals surface area (Å²) >= 11 is 0. The second-order valence-electron chi connectivity index (χ2n) is 5.33. The van der Waals surface area contributed by atoms with E-state index in [0.29, 0.717) is 28.7 Å². The van der Waals surface area contributed by atoms with E-state index in [9.17, 15) is 4.79 Å². The van der Waals surface area contributed by atoms with Gasteiger partial charge in [-0.05, 0) is 23.6 Å². The van der Waals surface area contributed by atoms with Crippen LogP contribution in [-0.2, 0) is 0 Å². The van der Waals surface area contributed by atoms with Crippen molar-refractivity contribution in [2.75, 3.05) is 19.5 Å². The summed E-state index contributed by atoms with van der Waals surface area (Å²) in [5.41, 5.74) is 2.46. The molecule has 0 atom stereocenters. The zero-order chi connectivity index (χ0) is 16.1. The Bertz CT molecular complexity index is 626. The maximum Gasteiger partial charge on any atom is 0.255 e. The molecule has 0 bridgehead atoms. The molecule has 4 nitrogen and oxygen atoms in total. The van der Waals surface area contributed by atoms with Crippen molar-refractivity contribution in [1.29, 1.82) is 0 Å². The van der Waals surface area contributed by atoms with Gasteiger partial charge in [-0.25, -0.2) is 0 Å². The third-order valence-corrected chi connectivity index (χ3v) is 3.45. The monoisotopic (exact) mass is 299 g/mol. The molecule has 0 heterocycles. The summed E-state index contributed by atoms with van der Waals surface area (Å²) in [5.74, 6) is 1.54. The molecule has 1 N–H and O–H groups in total. The predicted octanol–water partition coefficient (Wildman–Crippen LogP) is 4.08. The number of amides is 1. The van der Waals surface area contributed by atoms with Gasteiger partial charge in [0.2, 0.25) is 0 Å². The summed E-state index contributed by atoms with van der Waals surface area (Å²) in [4.78, 5) is 12.3. The summed E-state index contributed by atoms with van der Waals surface area (Å²) in [5, 5.41) is 2.86. The van der Waals surface area contributed by atoms with Crippen molar-refractivity contribution >= 4 is 11.6 Å². The Balaban J connectivity index is 2.17. The quantitative estimate of drug-likeness (QED) is 0.905. The molecule has 2 aromatic rings. The van der Waals surface area contributed by atoms with Crippen LogP contribution < -0.4 is 14.8 Å². The Morgan fingerprint density at radius 3 is 1.95 bits per heavy atom. The second kappa shape index (κ2) is 6.98. The Labute approximate surface area is 131 Å². The fourth-order valence-electron chi connectivity index (χ4n) is 2.10. The van der Waals surface area contributed by atoms with Crippen LogP contribution in [0.1, 0.15) is 35.7 Å². The molecule has 0 saturated heterocycles. The highest BCUT2D eigenvalue weighted by atomic mass is 16.5. The first-order chi connectivity index (χ1) is 10.5. The lowest BCUT2D eigenvalue weighted by Crippen LogP contribution is -2.12. The van der Waals surface area contributed by atoms with Crippen LogP contribution in [0.4, 0.5) is 5.69 Å². The van der Waals surface area contributed by atoms with Crippen molar-refractivity contribution in [2.24, 2.45) is 0 Å². The van der Waals surface area contributed by atoms with Crippen LogP contribution in [0.25, 0.3) is 0 Å². The highest BCUT2D eigenvalue weighted by Gasteiger charge is 2.09. The third-order valence-electron chi connectivity index (χ3n) is 3.45. The first-order valence-corrected chi connectivity index (χ1v) is 7.18. The molecule has 0 fully saturated rings. The Hall–Kier alpha value is -2.49. The first-order valence-electron chi connectivity index (χ1n) is 7.18. The van der Waals surface area contributed by atoms with Crippen molar-refractivity contribution in [3.8, 4) is 11.5 Å². The number of ether oxygens (including phenoxy) is 2. The minimum Gasteiger partial charge on any atom is -0.497 e. The maximum absolute atomic E-state index is 12.3. The fraction of sp³-hybridized carbons (Fsp3) is 0.278. The van der Waals surface area contributed by atoms with Gasteiger partial charge in [-0.1, -0.05) is 26.0 Å². The summed E-state index contributed by atoms with van der Waals surface area (Å²) in [6.07, 6.45) is 0. The van der Waals surface area contributed by atoms with Crippen LogP contribution in [0, 0.1) is 0 Å². The van der Waals surface area contributed by atoms with Crippen molar-refractivity contribution < 1.29 is 14.3 Å². The second-order valence-corrected chi connectivity index (χ2v) is 5.33. The lowest BCUT2D eigenvalue weighted by molar-refractivity contribution is 0.102. The molecule has 2 aromatic carbocycles. The van der Waals surface area contributed by atoms with Gasteiger partial charge in [0.1, 0.15) is 11.5 Å². The number of methoxy groups -OCH3 is 2. The van der Waals surface area contributed by atoms with Gasteiger partial charge >= 0.3 is 0 Å². The van der Waals surface area contributed by atoms with E-state index < -0.39 is 0 Å². The smallest absolute Gasteiger partial charge is 0.255 e. The summed E-state index contributed by atoms with van der Waals surface area (Å²) in [7, 11) is 3.15. The number of hydrogen-bond donors (Lipinski definition) is 1. The average Bonchev–Trinajstić information content (AvgIpc) is 2.54. The van der Waals surface area contributed by atoms with Crippen LogP contribution in [0.5, 0.6) is 11.5 Å². The zero-order valence-corrected chi connectivity index (χ0v) is 13.3. The van der Waals surface area contributed by atoms with Crippen molar-refractivity contribution in [3.05, 3.63) is 53.6 Å². The summed E-state index contributed by atoms with van der Waals surface area (Å²) < 4.78 is 10.4. The van der Waals surface area contributed by atoms with E-state index >= 15 is 0 Å². The molecular weight excluding hydrogens is 278 g/mol. The Kier molecular flexibility index (Phi) is 5.04. The van der Waals surface area contributed by atoms with Crippen molar-refractivity contribution in [1.82, 2.24) is 0 Å². The molecule has 116 valence electrons. The van der Waals surface area contributed by atoms with Crippen LogP contribution >= 0.6 is 0 Å². The topological polar surface area (TPSA) is 47.6 Å². The number of benzene rings is 2. The van der Waals surface area contributed by atoms with E-state index in [1.807, 2.05) is 24.3 Å². The highest BCUT2D eigenvalue weighted by Crippen LogP contribution is 2.26. The number of hydrogen-bond acceptors (Lipinski definition) is 3. The number of carbonyl (C=O) groups is 1. The van der Waals surface area contributed by atoms with Gasteiger partial charge in [-0.2, -0.15) is 0 Å². The average molecular weight is 299 g/mol. The third kappa shape index (κ3) is 3.79. The molecule has 1 amide bonds. The maximum atomic E-state index is 12.3. The van der Waals surface area contributed by atoms with Crippen LogP contribution in [-0.4, -0.2) is 20.1 Å². The number of anilines is 1. The fourth-order valence-corrected chi connectivity index (χ4v) is 2.10. The van der Waals surface area contributed by atoms with Crippen LogP contribution in [0.3, 0.4) is 0 Å². The van der Waals surface area contributed by atoms with Gasteiger partial charge in [0, 0.05) is 29.4 Å². The van der Waals surface area contributed by atoms with Gasteiger partial charge in [0.05, 0.1) is 14.2 Å². The Morgan fingerprint density at radius 1 is 0.955 bits per heavy atom. The largest absolute Gasteiger partial charge is 0.497 e. The van der Waals surface area contributed by atoms with E-state index in [1.165, 1.54) is 5.56 Å². The normalized spacial score (nSPS) is 10.4. The molecule has 0 unspecified atom stereocenters. The Morgan fingerprint density at radius 2 is 1.50 bits per heavy atom. The van der Waals surface area contributed by atoms with Crippen LogP contribution in [0.15, 0.2) is 42.5 Å². The minimum absolute atomic E-state index is 0.161. The molecular formula is C18H21NO3. The lowest BCUT2D eigenvalue weighted by Gasteiger charge is -2.10. The predicted molar refractivity (Wildman–Crippen MR) is 88.0 cm³/mol. The molecule has 0 aromatic heterocycles. The molecule has 4 heteroatoms. The summed E-state index contributed by atoms with van der Waals surface area (Å²) in [6, 6.07) is 12.9. The van der Waals surface area contributed by atoms with Gasteiger partial charge < -0.3 is 14.8 Å². The van der Waals surface area contributed by atoms with E-state index in [4.69, 9.17) is 9.47 Å². The van der Waals surface area contributed by atoms with Gasteiger partial charge in [0.25, 0.3) is 5.91 Å². The van der Waals surface area contributed by atoms with Gasteiger partial charge in [-0.3, -0.25) is 4.79 Å². The van der Waals surface area contributed by atoms with Crippen LogP contribution in [0.2, 0.25) is 0 Å². The highest BCUT2D eigenvalue weighted by molar-refractivity contribution is 6.04. The molecule has 0 saturated carbocycles. The van der Waals surface area contributed by atoms with Crippen molar-refractivity contribution in [2.45, 2.75) is 19.8 Å². The zero-order valence-electron chi connectivity index (χ0n) is 13.3. The molecule has 0 spiro atoms. The molecule has 2 rings (SSSR count). The molecule has 0 aliphatic carbocycles. The molecule has 0 radical (unpaired) electrons. The minimum atomic E-state index is -0.161. The number of carbonyl (C=O) groups excluding carboxylic acids is 1. The molecule has 0 aliphatic rings. The van der Waals surface area contributed by atoms with E-state index in [0.717, 1.165) is 0 Å².